The van der Waals surface area contributed by atoms with E-state index in [4.69, 9.17) is 0 Å². The molecule has 1 amide bonds. The van der Waals surface area contributed by atoms with Crippen LogP contribution in [-0.2, 0) is 0 Å². The number of rotatable bonds is 2. The van der Waals surface area contributed by atoms with Crippen LogP contribution in [0.15, 0.2) is 6.07 Å². The lowest BCUT2D eigenvalue weighted by molar-refractivity contribution is 0.0930. The number of pyridine rings is 1. The maximum Gasteiger partial charge on any atom is 0.267 e. The van der Waals surface area contributed by atoms with Gasteiger partial charge in [0.15, 0.2) is 0 Å². The van der Waals surface area contributed by atoms with Crippen LogP contribution in [0, 0.1) is 19.7 Å². The molecule has 1 fully saturated rings. The van der Waals surface area contributed by atoms with Gasteiger partial charge in [-0.3, -0.25) is 4.79 Å². The number of aryl methyl sites for hydroxylation is 1. The molecule has 0 radical (unpaired) electrons. The molecule has 2 aromatic rings. The van der Waals surface area contributed by atoms with Gasteiger partial charge < -0.3 is 10.3 Å². The first-order valence-corrected chi connectivity index (χ1v) is 12.1. The minimum Gasteiger partial charge on any atom is -0.348 e. The van der Waals surface area contributed by atoms with Crippen LogP contribution in [-0.4, -0.2) is 30.0 Å². The van der Waals surface area contributed by atoms with Gasteiger partial charge in [-0.05, 0) is 32.8 Å². The summed E-state index contributed by atoms with van der Waals surface area (Å²) in [5.41, 5.74) is 2.01. The zero-order valence-corrected chi connectivity index (χ0v) is 15.9. The molecule has 1 atom stereocenters. The van der Waals surface area contributed by atoms with Crippen molar-refractivity contribution in [3.05, 3.63) is 28.8 Å². The van der Waals surface area contributed by atoms with E-state index in [2.05, 4.69) is 28.4 Å². The van der Waals surface area contributed by atoms with E-state index in [0.29, 0.717) is 28.0 Å². The summed E-state index contributed by atoms with van der Waals surface area (Å²) >= 11 is 0. The number of nitrogens with zero attached hydrogens (tertiary/aromatic N) is 1. The van der Waals surface area contributed by atoms with Gasteiger partial charge >= 0.3 is 0 Å². The first-order valence-electron chi connectivity index (χ1n) is 8.73. The molecule has 2 N–H and O–H groups in total. The van der Waals surface area contributed by atoms with E-state index in [-0.39, 0.29) is 17.8 Å². The van der Waals surface area contributed by atoms with Crippen LogP contribution in [0.5, 0.6) is 0 Å². The Morgan fingerprint density at radius 3 is 2.83 bits per heavy atom. The molecule has 2 aromatic heterocycles. The maximum absolute atomic E-state index is 14.3. The van der Waals surface area contributed by atoms with Crippen molar-refractivity contribution in [2.45, 2.75) is 64.3 Å². The van der Waals surface area contributed by atoms with Crippen LogP contribution in [0.3, 0.4) is 0 Å². The fourth-order valence-corrected chi connectivity index (χ4v) is 6.04. The fraction of sp³-hybridized carbons (Fsp3) is 0.556. The maximum atomic E-state index is 14.3. The van der Waals surface area contributed by atoms with Gasteiger partial charge in [0.05, 0.1) is 5.39 Å². The predicted octanol–water partition coefficient (Wildman–Crippen LogP) is 4.31. The standard InChI is InChI=1S/C18H26FN3OSi/c1-11-12(2)20-17-14(16(11)19)10-15(22-17)18(23)21-13-6-5-8-24(3,4)9-7-13/h10,13H,5-9H2,1-4H3,(H,20,22)(H,21,23). The Morgan fingerprint density at radius 2 is 2.08 bits per heavy atom. The molecule has 4 nitrogen and oxygen atoms in total. The molecule has 130 valence electrons. The highest BCUT2D eigenvalue weighted by Gasteiger charge is 2.27. The Kier molecular flexibility index (Phi) is 4.51. The number of halogens is 1. The van der Waals surface area contributed by atoms with E-state index < -0.39 is 8.07 Å². The molecule has 0 spiro atoms. The smallest absolute Gasteiger partial charge is 0.267 e. The number of aromatic nitrogens is 2. The van der Waals surface area contributed by atoms with E-state index in [1.807, 2.05) is 0 Å². The highest BCUT2D eigenvalue weighted by Crippen LogP contribution is 2.27. The third-order valence-electron chi connectivity index (χ3n) is 5.34. The van der Waals surface area contributed by atoms with Crippen molar-refractivity contribution in [3.63, 3.8) is 0 Å². The average Bonchev–Trinajstić information content (AvgIpc) is 2.86. The lowest BCUT2D eigenvalue weighted by Gasteiger charge is -2.19. The van der Waals surface area contributed by atoms with E-state index >= 15 is 0 Å². The quantitative estimate of drug-likeness (QED) is 0.795. The predicted molar refractivity (Wildman–Crippen MR) is 97.7 cm³/mol. The fourth-order valence-electron chi connectivity index (χ4n) is 3.50. The van der Waals surface area contributed by atoms with E-state index in [9.17, 15) is 9.18 Å². The van der Waals surface area contributed by atoms with Gasteiger partial charge in [0.1, 0.15) is 17.2 Å². The molecule has 1 aliphatic rings. The summed E-state index contributed by atoms with van der Waals surface area (Å²) in [6.45, 7) is 8.33. The zero-order chi connectivity index (χ0) is 17.5. The van der Waals surface area contributed by atoms with Gasteiger partial charge in [-0.2, -0.15) is 0 Å². The molecule has 0 bridgehead atoms. The van der Waals surface area contributed by atoms with Gasteiger partial charge in [-0.15, -0.1) is 0 Å². The summed E-state index contributed by atoms with van der Waals surface area (Å²) in [7, 11) is -1.08. The SMILES string of the molecule is Cc1nc2[nH]c(C(=O)NC3CCC[Si](C)(C)CC3)cc2c(F)c1C. The molecule has 3 heterocycles. The molecule has 6 heteroatoms. The summed E-state index contributed by atoms with van der Waals surface area (Å²) in [6.07, 6.45) is 3.27. The zero-order valence-electron chi connectivity index (χ0n) is 14.9. The Labute approximate surface area is 143 Å². The first kappa shape index (κ1) is 17.1. The van der Waals surface area contributed by atoms with Crippen molar-refractivity contribution < 1.29 is 9.18 Å². The normalized spacial score (nSPS) is 20.8. The molecule has 0 saturated carbocycles. The minimum atomic E-state index is -1.08. The lowest BCUT2D eigenvalue weighted by Crippen LogP contribution is -2.35. The second kappa shape index (κ2) is 6.31. The number of hydrogen-bond donors (Lipinski definition) is 2. The van der Waals surface area contributed by atoms with E-state index in [0.717, 1.165) is 12.8 Å². The number of carbonyl (C=O) groups excluding carboxylic acids is 1. The summed E-state index contributed by atoms with van der Waals surface area (Å²) in [6, 6.07) is 4.38. The molecule has 0 aromatic carbocycles. The van der Waals surface area contributed by atoms with Gasteiger partial charge in [0.25, 0.3) is 5.91 Å². The third-order valence-corrected chi connectivity index (χ3v) is 8.69. The molecule has 1 unspecified atom stereocenters. The van der Waals surface area contributed by atoms with Crippen molar-refractivity contribution in [1.29, 1.82) is 0 Å². The van der Waals surface area contributed by atoms with Gasteiger partial charge in [0, 0.05) is 25.4 Å². The van der Waals surface area contributed by atoms with Crippen LogP contribution < -0.4 is 5.32 Å². The number of hydrogen-bond acceptors (Lipinski definition) is 2. The lowest BCUT2D eigenvalue weighted by atomic mass is 10.1. The summed E-state index contributed by atoms with van der Waals surface area (Å²) in [5, 5.41) is 3.51. The number of aromatic amines is 1. The Morgan fingerprint density at radius 1 is 1.33 bits per heavy atom. The number of fused-ring (bicyclic) bond motifs is 1. The van der Waals surface area contributed by atoms with Crippen molar-refractivity contribution >= 4 is 25.0 Å². The molecular formula is C18H26FN3OSi. The molecular weight excluding hydrogens is 321 g/mol. The first-order chi connectivity index (χ1) is 11.3. The third kappa shape index (κ3) is 3.38. The summed E-state index contributed by atoms with van der Waals surface area (Å²) < 4.78 is 14.3. The second-order valence-electron chi connectivity index (χ2n) is 7.85. The van der Waals surface area contributed by atoms with E-state index in [1.54, 1.807) is 19.9 Å². The summed E-state index contributed by atoms with van der Waals surface area (Å²) in [5.74, 6) is -0.455. The topological polar surface area (TPSA) is 57.8 Å². The van der Waals surface area contributed by atoms with Crippen LogP contribution in [0.2, 0.25) is 25.2 Å². The molecule has 1 saturated heterocycles. The van der Waals surface area contributed by atoms with Gasteiger partial charge in [-0.1, -0.05) is 31.6 Å². The van der Waals surface area contributed by atoms with Crippen molar-refractivity contribution in [2.24, 2.45) is 0 Å². The number of H-pyrrole nitrogens is 1. The highest BCUT2D eigenvalue weighted by molar-refractivity contribution is 6.77. The monoisotopic (exact) mass is 347 g/mol. The molecule has 1 aliphatic heterocycles. The highest BCUT2D eigenvalue weighted by atomic mass is 28.3. The van der Waals surface area contributed by atoms with E-state index in [1.165, 1.54) is 18.5 Å². The van der Waals surface area contributed by atoms with Crippen molar-refractivity contribution in [3.8, 4) is 0 Å². The van der Waals surface area contributed by atoms with Crippen LogP contribution in [0.4, 0.5) is 4.39 Å². The largest absolute Gasteiger partial charge is 0.348 e. The second-order valence-corrected chi connectivity index (χ2v) is 13.2. The van der Waals surface area contributed by atoms with Crippen LogP contribution in [0.25, 0.3) is 11.0 Å². The number of amides is 1. The van der Waals surface area contributed by atoms with Gasteiger partial charge in [0.2, 0.25) is 0 Å². The average molecular weight is 348 g/mol. The van der Waals surface area contributed by atoms with Crippen LogP contribution in [0.1, 0.15) is 41.0 Å². The molecule has 24 heavy (non-hydrogen) atoms. The Balaban J connectivity index is 1.78. The molecule has 3 rings (SSSR count). The van der Waals surface area contributed by atoms with Crippen LogP contribution >= 0.6 is 0 Å². The Bertz CT molecular complexity index is 784. The minimum absolute atomic E-state index is 0.158. The van der Waals surface area contributed by atoms with Gasteiger partial charge in [-0.25, -0.2) is 9.37 Å². The van der Waals surface area contributed by atoms with Crippen molar-refractivity contribution in [2.75, 3.05) is 0 Å². The van der Waals surface area contributed by atoms with Crippen molar-refractivity contribution in [1.82, 2.24) is 15.3 Å². The summed E-state index contributed by atoms with van der Waals surface area (Å²) in [4.78, 5) is 19.9. The number of carbonyl (C=O) groups is 1. The Hall–Kier alpha value is -1.69. The molecule has 0 aliphatic carbocycles. The number of nitrogens with one attached hydrogen (secondary N) is 2.